The molecule has 2 N–H and O–H groups in total. The lowest BCUT2D eigenvalue weighted by Gasteiger charge is -2.29. The second-order valence-corrected chi connectivity index (χ2v) is 6.29. The summed E-state index contributed by atoms with van der Waals surface area (Å²) in [5, 5.41) is 9.73. The Morgan fingerprint density at radius 3 is 2.43 bits per heavy atom. The number of unbranched alkanes of at least 4 members (excludes halogenated alkanes) is 1. The number of hydrogen-bond donors (Lipinski definition) is 2. The fourth-order valence-electron chi connectivity index (χ4n) is 3.09. The Kier molecular flexibility index (Phi) is 6.62. The van der Waals surface area contributed by atoms with Gasteiger partial charge in [-0.1, -0.05) is 31.3 Å². The third kappa shape index (κ3) is 5.08. The van der Waals surface area contributed by atoms with Gasteiger partial charge in [0.1, 0.15) is 11.5 Å². The Bertz CT molecular complexity index is 527. The summed E-state index contributed by atoms with van der Waals surface area (Å²) in [6, 6.07) is 1.80. The van der Waals surface area contributed by atoms with Crippen LogP contribution < -0.4 is 10.6 Å². The molecule has 0 bridgehead atoms. The van der Waals surface area contributed by atoms with E-state index in [0.29, 0.717) is 18.8 Å². The van der Waals surface area contributed by atoms with Gasteiger partial charge in [0.25, 0.3) is 0 Å². The molecule has 0 aromatic carbocycles. The van der Waals surface area contributed by atoms with Crippen molar-refractivity contribution in [3.63, 3.8) is 0 Å². The number of carbonyl (C=O) groups is 2. The number of nitrogens with one attached hydrogen (secondary N) is 2. The van der Waals surface area contributed by atoms with Crippen LogP contribution in [0.1, 0.15) is 56.9 Å². The van der Waals surface area contributed by atoms with Crippen LogP contribution in [-0.2, 0) is 16.1 Å². The first kappa shape index (κ1) is 17.5. The van der Waals surface area contributed by atoms with Crippen molar-refractivity contribution in [1.29, 1.82) is 0 Å². The molecule has 1 aliphatic rings. The van der Waals surface area contributed by atoms with Gasteiger partial charge in [-0.25, -0.2) is 0 Å². The number of aryl methyl sites for hydroxylation is 1. The van der Waals surface area contributed by atoms with Crippen LogP contribution in [0.4, 0.5) is 0 Å². The lowest BCUT2D eigenvalue weighted by Crippen LogP contribution is -2.43. The molecule has 1 aromatic heterocycles. The molecule has 1 saturated carbocycles. The van der Waals surface area contributed by atoms with Gasteiger partial charge >= 0.3 is 0 Å². The summed E-state index contributed by atoms with van der Waals surface area (Å²) >= 11 is 0. The molecule has 2 amide bonds. The Morgan fingerprint density at radius 1 is 1.22 bits per heavy atom. The maximum atomic E-state index is 12.5. The number of hydrogen-bond acceptors (Lipinski definition) is 4. The van der Waals surface area contributed by atoms with E-state index in [1.165, 1.54) is 0 Å². The van der Waals surface area contributed by atoms with E-state index >= 15 is 0 Å². The Balaban J connectivity index is 1.88. The van der Waals surface area contributed by atoms with Gasteiger partial charge in [0.15, 0.2) is 0 Å². The van der Waals surface area contributed by atoms with Crippen molar-refractivity contribution >= 4 is 11.8 Å². The summed E-state index contributed by atoms with van der Waals surface area (Å²) in [6.07, 6.45) is 5.60. The molecule has 128 valence electrons. The molecule has 1 fully saturated rings. The van der Waals surface area contributed by atoms with Crippen LogP contribution in [0.3, 0.4) is 0 Å². The van der Waals surface area contributed by atoms with Crippen LogP contribution >= 0.6 is 0 Å². The molecule has 6 heteroatoms. The highest BCUT2D eigenvalue weighted by atomic mass is 16.5. The number of carbonyl (C=O) groups excluding carboxylic acids is 2. The van der Waals surface area contributed by atoms with Gasteiger partial charge in [-0.15, -0.1) is 0 Å². The van der Waals surface area contributed by atoms with E-state index in [9.17, 15) is 9.59 Å². The zero-order chi connectivity index (χ0) is 16.7. The molecule has 23 heavy (non-hydrogen) atoms. The topological polar surface area (TPSA) is 84.2 Å². The van der Waals surface area contributed by atoms with Crippen molar-refractivity contribution < 1.29 is 14.1 Å². The fourth-order valence-corrected chi connectivity index (χ4v) is 3.09. The Labute approximate surface area is 137 Å². The normalized spacial score (nSPS) is 21.0. The summed E-state index contributed by atoms with van der Waals surface area (Å²) in [5.41, 5.74) is 0.704. The van der Waals surface area contributed by atoms with Crippen LogP contribution in [0.25, 0.3) is 0 Å². The minimum Gasteiger partial charge on any atom is -0.361 e. The van der Waals surface area contributed by atoms with Gasteiger partial charge in [-0.3, -0.25) is 9.59 Å². The van der Waals surface area contributed by atoms with E-state index < -0.39 is 0 Å². The summed E-state index contributed by atoms with van der Waals surface area (Å²) in [5.74, 6) is 0.245. The second kappa shape index (κ2) is 8.70. The van der Waals surface area contributed by atoms with Gasteiger partial charge in [0.2, 0.25) is 11.8 Å². The molecule has 0 aliphatic heterocycles. The van der Waals surface area contributed by atoms with Crippen LogP contribution in [-0.4, -0.2) is 23.5 Å². The van der Waals surface area contributed by atoms with E-state index in [0.717, 1.165) is 44.3 Å². The van der Waals surface area contributed by atoms with Crippen LogP contribution in [0, 0.1) is 18.8 Å². The van der Waals surface area contributed by atoms with Crippen molar-refractivity contribution in [3.05, 3.63) is 17.5 Å². The maximum Gasteiger partial charge on any atom is 0.224 e. The molecule has 1 aliphatic carbocycles. The van der Waals surface area contributed by atoms with Gasteiger partial charge in [0, 0.05) is 24.4 Å². The molecule has 6 nitrogen and oxygen atoms in total. The van der Waals surface area contributed by atoms with Gasteiger partial charge in [0.05, 0.1) is 6.54 Å². The fraction of sp³-hybridized carbons (Fsp3) is 0.706. The molecule has 2 rings (SSSR count). The van der Waals surface area contributed by atoms with E-state index in [2.05, 4.69) is 22.7 Å². The molecule has 0 unspecified atom stereocenters. The average Bonchev–Trinajstić information content (AvgIpc) is 2.98. The average molecular weight is 321 g/mol. The highest BCUT2D eigenvalue weighted by Gasteiger charge is 2.35. The van der Waals surface area contributed by atoms with Crippen LogP contribution in [0.2, 0.25) is 0 Å². The number of aromatic nitrogens is 1. The lowest BCUT2D eigenvalue weighted by atomic mass is 9.78. The van der Waals surface area contributed by atoms with E-state index in [1.807, 2.05) is 6.92 Å². The monoisotopic (exact) mass is 321 g/mol. The number of nitrogens with zero attached hydrogens (tertiary/aromatic N) is 1. The smallest absolute Gasteiger partial charge is 0.224 e. The largest absolute Gasteiger partial charge is 0.361 e. The van der Waals surface area contributed by atoms with Crippen molar-refractivity contribution in [1.82, 2.24) is 15.8 Å². The number of amides is 2. The molecule has 0 radical (unpaired) electrons. The van der Waals surface area contributed by atoms with Crippen molar-refractivity contribution in [2.75, 3.05) is 6.54 Å². The van der Waals surface area contributed by atoms with Crippen LogP contribution in [0.5, 0.6) is 0 Å². The summed E-state index contributed by atoms with van der Waals surface area (Å²) < 4.78 is 4.99. The van der Waals surface area contributed by atoms with Crippen molar-refractivity contribution in [2.24, 2.45) is 11.8 Å². The summed E-state index contributed by atoms with van der Waals surface area (Å²) in [7, 11) is 0. The first-order valence-corrected chi connectivity index (χ1v) is 8.59. The minimum atomic E-state index is -0.238. The maximum absolute atomic E-state index is 12.5. The summed E-state index contributed by atoms with van der Waals surface area (Å²) in [6.45, 7) is 4.94. The molecular weight excluding hydrogens is 294 g/mol. The minimum absolute atomic E-state index is 0.0237. The molecular formula is C17H27N3O3. The molecule has 1 aromatic rings. The predicted molar refractivity (Wildman–Crippen MR) is 86.5 cm³/mol. The van der Waals surface area contributed by atoms with Gasteiger partial charge in [-0.05, 0) is 26.2 Å². The first-order chi connectivity index (χ1) is 11.1. The second-order valence-electron chi connectivity index (χ2n) is 6.29. The first-order valence-electron chi connectivity index (χ1n) is 8.59. The quantitative estimate of drug-likeness (QED) is 0.755. The zero-order valence-corrected chi connectivity index (χ0v) is 14.1. The predicted octanol–water partition coefficient (Wildman–Crippen LogP) is 2.32. The van der Waals surface area contributed by atoms with Crippen LogP contribution in [0.15, 0.2) is 10.6 Å². The highest BCUT2D eigenvalue weighted by Crippen LogP contribution is 2.30. The van der Waals surface area contributed by atoms with E-state index in [4.69, 9.17) is 4.52 Å². The third-order valence-corrected chi connectivity index (χ3v) is 4.39. The molecule has 2 atom stereocenters. The summed E-state index contributed by atoms with van der Waals surface area (Å²) in [4.78, 5) is 24.8. The number of rotatable bonds is 7. The Morgan fingerprint density at radius 2 is 1.87 bits per heavy atom. The van der Waals surface area contributed by atoms with Crippen molar-refractivity contribution in [2.45, 2.75) is 58.9 Å². The van der Waals surface area contributed by atoms with Gasteiger partial charge in [-0.2, -0.15) is 0 Å². The molecule has 0 saturated heterocycles. The third-order valence-electron chi connectivity index (χ3n) is 4.39. The molecule has 1 heterocycles. The Hall–Kier alpha value is -1.85. The molecule has 0 spiro atoms. The highest BCUT2D eigenvalue weighted by molar-refractivity contribution is 5.87. The lowest BCUT2D eigenvalue weighted by molar-refractivity contribution is -0.136. The van der Waals surface area contributed by atoms with E-state index in [1.54, 1.807) is 6.07 Å². The SMILES string of the molecule is CCCCNC(=O)[C@@H]1CCCC[C@@H]1C(=O)NCc1cc(C)on1. The standard InChI is InChI=1S/C17H27N3O3/c1-3-4-9-18-16(21)14-7-5-6-8-15(14)17(22)19-11-13-10-12(2)23-20-13/h10,14-15H,3-9,11H2,1-2H3,(H,18,21)(H,19,22)/t14-,15+/m1/s1. The zero-order valence-electron chi connectivity index (χ0n) is 14.1. The van der Waals surface area contributed by atoms with E-state index in [-0.39, 0.29) is 23.7 Å². The van der Waals surface area contributed by atoms with Gasteiger partial charge < -0.3 is 15.2 Å². The van der Waals surface area contributed by atoms with Crippen molar-refractivity contribution in [3.8, 4) is 0 Å².